The van der Waals surface area contributed by atoms with Crippen molar-refractivity contribution in [3.05, 3.63) is 65.5 Å². The van der Waals surface area contributed by atoms with Crippen molar-refractivity contribution in [2.24, 2.45) is 7.05 Å². The van der Waals surface area contributed by atoms with Gasteiger partial charge in [-0.2, -0.15) is 5.10 Å². The average molecular weight is 379 g/mol. The molecule has 1 aliphatic heterocycles. The molecule has 2 aromatic heterocycles. The molecule has 6 nitrogen and oxygen atoms in total. The second-order valence-electron chi connectivity index (χ2n) is 7.76. The zero-order valence-electron chi connectivity index (χ0n) is 17.2. The third-order valence-electron chi connectivity index (χ3n) is 5.79. The molecule has 0 amide bonds. The molecule has 0 saturated carbocycles. The summed E-state index contributed by atoms with van der Waals surface area (Å²) >= 11 is 0. The second-order valence-corrected chi connectivity index (χ2v) is 7.76. The van der Waals surface area contributed by atoms with Crippen LogP contribution in [-0.4, -0.2) is 55.3 Å². The van der Waals surface area contributed by atoms with Crippen molar-refractivity contribution >= 4 is 0 Å². The maximum Gasteiger partial charge on any atom is 0.122 e. The highest BCUT2D eigenvalue weighted by molar-refractivity contribution is 5.36. The molecule has 0 aliphatic carbocycles. The molecular formula is C22H30N6. The zero-order valence-corrected chi connectivity index (χ0v) is 17.2. The molecule has 4 rings (SSSR count). The minimum atomic E-state index is 0.932. The van der Waals surface area contributed by atoms with E-state index in [2.05, 4.69) is 69.2 Å². The van der Waals surface area contributed by atoms with Crippen LogP contribution in [0.4, 0.5) is 0 Å². The van der Waals surface area contributed by atoms with Gasteiger partial charge < -0.3 is 4.57 Å². The molecule has 0 atom stereocenters. The van der Waals surface area contributed by atoms with Gasteiger partial charge in [-0.3, -0.25) is 9.80 Å². The molecule has 0 radical (unpaired) electrons. The van der Waals surface area contributed by atoms with Crippen molar-refractivity contribution in [1.82, 2.24) is 29.1 Å². The van der Waals surface area contributed by atoms with Gasteiger partial charge in [-0.1, -0.05) is 18.2 Å². The first-order chi connectivity index (χ1) is 13.6. The molecule has 1 saturated heterocycles. The summed E-state index contributed by atoms with van der Waals surface area (Å²) < 4.78 is 4.20. The third kappa shape index (κ3) is 4.03. The average Bonchev–Trinajstić information content (AvgIpc) is 3.13. The van der Waals surface area contributed by atoms with E-state index in [0.29, 0.717) is 0 Å². The van der Waals surface area contributed by atoms with Gasteiger partial charge in [-0.25, -0.2) is 9.67 Å². The molecule has 148 valence electrons. The molecule has 6 heteroatoms. The van der Waals surface area contributed by atoms with Crippen molar-refractivity contribution in [3.8, 4) is 5.69 Å². The summed E-state index contributed by atoms with van der Waals surface area (Å²) in [5.41, 5.74) is 4.88. The molecule has 1 aliphatic rings. The first-order valence-corrected chi connectivity index (χ1v) is 10.1. The quantitative estimate of drug-likeness (QED) is 0.685. The largest absolute Gasteiger partial charge is 0.337 e. The molecule has 0 unspecified atom stereocenters. The van der Waals surface area contributed by atoms with Gasteiger partial charge in [0.2, 0.25) is 0 Å². The minimum Gasteiger partial charge on any atom is -0.337 e. The Bertz CT molecular complexity index is 911. The van der Waals surface area contributed by atoms with Gasteiger partial charge in [0.25, 0.3) is 0 Å². The number of hydrogen-bond acceptors (Lipinski definition) is 4. The molecule has 0 N–H and O–H groups in total. The third-order valence-corrected chi connectivity index (χ3v) is 5.79. The lowest BCUT2D eigenvalue weighted by atomic mass is 10.1. The van der Waals surface area contributed by atoms with E-state index in [4.69, 9.17) is 5.10 Å². The van der Waals surface area contributed by atoms with Crippen LogP contribution >= 0.6 is 0 Å². The Morgan fingerprint density at radius 3 is 2.32 bits per heavy atom. The molecule has 3 aromatic rings. The molecule has 1 aromatic carbocycles. The van der Waals surface area contributed by atoms with Crippen LogP contribution in [0.1, 0.15) is 29.2 Å². The lowest BCUT2D eigenvalue weighted by molar-refractivity contribution is 0.242. The summed E-state index contributed by atoms with van der Waals surface area (Å²) in [6.07, 6.45) is 5.10. The smallest absolute Gasteiger partial charge is 0.122 e. The fourth-order valence-corrected chi connectivity index (χ4v) is 4.04. The number of imidazole rings is 1. The van der Waals surface area contributed by atoms with Gasteiger partial charge in [0.15, 0.2) is 0 Å². The van der Waals surface area contributed by atoms with Crippen LogP contribution in [0.5, 0.6) is 0 Å². The number of aryl methyl sites for hydroxylation is 2. The van der Waals surface area contributed by atoms with Gasteiger partial charge in [0, 0.05) is 50.3 Å². The van der Waals surface area contributed by atoms with E-state index < -0.39 is 0 Å². The highest BCUT2D eigenvalue weighted by atomic mass is 15.3. The Hall–Kier alpha value is -2.44. The summed E-state index contributed by atoms with van der Waals surface area (Å²) in [7, 11) is 2.07. The molecule has 3 heterocycles. The SMILES string of the molecule is Cc1nn(-c2ccccc2)c(C)c1CN1CCCN(Cc2nccn2C)CC1. The predicted molar refractivity (Wildman–Crippen MR) is 111 cm³/mol. The number of aromatic nitrogens is 4. The first-order valence-electron chi connectivity index (χ1n) is 10.1. The van der Waals surface area contributed by atoms with E-state index >= 15 is 0 Å². The number of para-hydroxylation sites is 1. The van der Waals surface area contributed by atoms with Crippen LogP contribution in [0.2, 0.25) is 0 Å². The van der Waals surface area contributed by atoms with E-state index in [1.807, 2.05) is 18.5 Å². The summed E-state index contributed by atoms with van der Waals surface area (Å²) in [6, 6.07) is 10.4. The maximum atomic E-state index is 4.81. The highest BCUT2D eigenvalue weighted by Crippen LogP contribution is 2.20. The van der Waals surface area contributed by atoms with Gasteiger partial charge in [-0.05, 0) is 45.5 Å². The van der Waals surface area contributed by atoms with Crippen LogP contribution in [0.25, 0.3) is 5.69 Å². The maximum absolute atomic E-state index is 4.81. The normalized spacial score (nSPS) is 16.4. The van der Waals surface area contributed by atoms with Crippen molar-refractivity contribution in [3.63, 3.8) is 0 Å². The molecule has 0 spiro atoms. The lowest BCUT2D eigenvalue weighted by Crippen LogP contribution is -2.31. The van der Waals surface area contributed by atoms with Crippen LogP contribution in [0, 0.1) is 13.8 Å². The van der Waals surface area contributed by atoms with Crippen molar-refractivity contribution in [1.29, 1.82) is 0 Å². The van der Waals surface area contributed by atoms with Gasteiger partial charge >= 0.3 is 0 Å². The molecule has 0 bridgehead atoms. The van der Waals surface area contributed by atoms with Gasteiger partial charge in [0.1, 0.15) is 5.82 Å². The molecule has 1 fully saturated rings. The fraction of sp³-hybridized carbons (Fsp3) is 0.455. The van der Waals surface area contributed by atoms with Crippen LogP contribution in [0.15, 0.2) is 42.7 Å². The Kier molecular flexibility index (Phi) is 5.59. The predicted octanol–water partition coefficient (Wildman–Crippen LogP) is 2.93. The second kappa shape index (κ2) is 8.29. The standard InChI is InChI=1S/C22H30N6/c1-18-21(19(2)28(24-18)20-8-5-4-6-9-20)16-26-11-7-12-27(15-14-26)17-22-23-10-13-25(22)3/h4-6,8-10,13H,7,11-12,14-17H2,1-3H3. The first kappa shape index (κ1) is 18.9. The zero-order chi connectivity index (χ0) is 19.5. The van der Waals surface area contributed by atoms with E-state index in [1.54, 1.807) is 0 Å². The number of hydrogen-bond donors (Lipinski definition) is 0. The van der Waals surface area contributed by atoms with E-state index in [9.17, 15) is 0 Å². The van der Waals surface area contributed by atoms with Crippen molar-refractivity contribution in [2.45, 2.75) is 33.4 Å². The fourth-order valence-electron chi connectivity index (χ4n) is 4.04. The Morgan fingerprint density at radius 2 is 1.64 bits per heavy atom. The number of benzene rings is 1. The molecule has 28 heavy (non-hydrogen) atoms. The Morgan fingerprint density at radius 1 is 0.929 bits per heavy atom. The Balaban J connectivity index is 1.42. The summed E-state index contributed by atoms with van der Waals surface area (Å²) in [4.78, 5) is 9.58. The minimum absolute atomic E-state index is 0.932. The number of rotatable bonds is 5. The van der Waals surface area contributed by atoms with Crippen molar-refractivity contribution in [2.75, 3.05) is 26.2 Å². The monoisotopic (exact) mass is 378 g/mol. The molecular weight excluding hydrogens is 348 g/mol. The van der Waals surface area contributed by atoms with Crippen LogP contribution in [-0.2, 0) is 20.1 Å². The van der Waals surface area contributed by atoms with Gasteiger partial charge in [-0.15, -0.1) is 0 Å². The highest BCUT2D eigenvalue weighted by Gasteiger charge is 2.20. The number of nitrogens with zero attached hydrogens (tertiary/aromatic N) is 6. The summed E-state index contributed by atoms with van der Waals surface area (Å²) in [5.74, 6) is 1.14. The lowest BCUT2D eigenvalue weighted by Gasteiger charge is -2.22. The van der Waals surface area contributed by atoms with Gasteiger partial charge in [0.05, 0.1) is 17.9 Å². The van der Waals surface area contributed by atoms with E-state index in [1.165, 1.54) is 17.7 Å². The Labute approximate surface area is 167 Å². The van der Waals surface area contributed by atoms with Crippen LogP contribution in [0.3, 0.4) is 0 Å². The topological polar surface area (TPSA) is 42.1 Å². The van der Waals surface area contributed by atoms with Crippen LogP contribution < -0.4 is 0 Å². The summed E-state index contributed by atoms with van der Waals surface area (Å²) in [5, 5.41) is 4.81. The van der Waals surface area contributed by atoms with E-state index in [0.717, 1.165) is 56.5 Å². The van der Waals surface area contributed by atoms with Crippen molar-refractivity contribution < 1.29 is 0 Å². The van der Waals surface area contributed by atoms with E-state index in [-0.39, 0.29) is 0 Å². The summed E-state index contributed by atoms with van der Waals surface area (Å²) in [6.45, 7) is 10.7.